The second-order valence-electron chi connectivity index (χ2n) is 6.01. The molecule has 2 aromatic heterocycles. The van der Waals surface area contributed by atoms with Gasteiger partial charge in [0, 0.05) is 19.7 Å². The molecule has 1 aliphatic rings. The average Bonchev–Trinajstić information content (AvgIpc) is 2.98. The van der Waals surface area contributed by atoms with Crippen molar-refractivity contribution in [3.8, 4) is 0 Å². The molecule has 1 fully saturated rings. The fraction of sp³-hybridized carbons (Fsp3) is 0.571. The molecule has 9 nitrogen and oxygen atoms in total. The topological polar surface area (TPSA) is 125 Å². The lowest BCUT2D eigenvalue weighted by molar-refractivity contribution is -0.132. The lowest BCUT2D eigenvalue weighted by Crippen LogP contribution is -2.57. The molecule has 1 amide bonds. The lowest BCUT2D eigenvalue weighted by Gasteiger charge is -2.44. The van der Waals surface area contributed by atoms with Crippen molar-refractivity contribution in [2.75, 3.05) is 19.0 Å². The highest BCUT2D eigenvalue weighted by atomic mass is 35.5. The van der Waals surface area contributed by atoms with Crippen molar-refractivity contribution in [3.63, 3.8) is 0 Å². The summed E-state index contributed by atoms with van der Waals surface area (Å²) in [4.78, 5) is 26.9. The number of H-pyrrole nitrogens is 1. The predicted molar refractivity (Wildman–Crippen MR) is 87.8 cm³/mol. The maximum Gasteiger partial charge on any atom is 0.248 e. The van der Waals surface area contributed by atoms with Gasteiger partial charge in [-0.3, -0.25) is 4.79 Å². The van der Waals surface area contributed by atoms with Gasteiger partial charge in [0.2, 0.25) is 11.2 Å². The van der Waals surface area contributed by atoms with E-state index in [4.69, 9.17) is 16.3 Å². The number of carbonyl (C=O) groups excluding carboxylic acids is 1. The van der Waals surface area contributed by atoms with E-state index in [2.05, 4.69) is 30.6 Å². The molecule has 0 aromatic carbocycles. The Bertz CT molecular complexity index is 745. The fourth-order valence-electron chi connectivity index (χ4n) is 2.71. The summed E-state index contributed by atoms with van der Waals surface area (Å²) in [5.41, 5.74) is 0.204. The van der Waals surface area contributed by atoms with Gasteiger partial charge in [0.15, 0.2) is 11.5 Å². The van der Waals surface area contributed by atoms with Crippen molar-refractivity contribution in [2.45, 2.75) is 37.5 Å². The van der Waals surface area contributed by atoms with Gasteiger partial charge in [-0.25, -0.2) is 4.98 Å². The van der Waals surface area contributed by atoms with E-state index < -0.39 is 11.7 Å². The molecular weight excluding hydrogens is 336 g/mol. The highest BCUT2D eigenvalue weighted by Gasteiger charge is 2.43. The maximum atomic E-state index is 11.7. The Kier molecular flexibility index (Phi) is 4.57. The summed E-state index contributed by atoms with van der Waals surface area (Å²) in [7, 11) is 1.46. The van der Waals surface area contributed by atoms with Gasteiger partial charge >= 0.3 is 0 Å². The molecule has 3 rings (SSSR count). The number of nitrogens with one attached hydrogen (secondary N) is 3. The van der Waals surface area contributed by atoms with E-state index in [1.54, 1.807) is 6.92 Å². The minimum Gasteiger partial charge on any atom is -0.388 e. The molecule has 24 heavy (non-hydrogen) atoms. The number of fused-ring (bicyclic) bond motifs is 1. The standard InChI is InChI=1S/C14H19ClN6O3/c1-7(24-2)12(22)16-5-14(23)3-8(4-14)19-11-9-10(18-6-17-9)20-13(15)21-11/h6-8,23H,3-5H2,1-2H3,(H,16,22)(H2,17,18,19,20,21). The molecule has 2 aromatic rings. The largest absolute Gasteiger partial charge is 0.388 e. The van der Waals surface area contributed by atoms with E-state index >= 15 is 0 Å². The van der Waals surface area contributed by atoms with Gasteiger partial charge in [-0.15, -0.1) is 0 Å². The number of nitrogens with zero attached hydrogens (tertiary/aromatic N) is 3. The number of methoxy groups -OCH3 is 1. The van der Waals surface area contributed by atoms with Gasteiger partial charge in [0.1, 0.15) is 11.6 Å². The third-order valence-electron chi connectivity index (χ3n) is 4.17. The van der Waals surface area contributed by atoms with Crippen LogP contribution in [0.1, 0.15) is 19.8 Å². The molecule has 4 N–H and O–H groups in total. The first-order valence-corrected chi connectivity index (χ1v) is 7.94. The summed E-state index contributed by atoms with van der Waals surface area (Å²) >= 11 is 5.88. The third kappa shape index (κ3) is 3.42. The Hall–Kier alpha value is -1.97. The van der Waals surface area contributed by atoms with Crippen LogP contribution in [-0.2, 0) is 9.53 Å². The number of aromatic nitrogens is 4. The van der Waals surface area contributed by atoms with E-state index in [0.717, 1.165) is 0 Å². The number of amides is 1. The summed E-state index contributed by atoms with van der Waals surface area (Å²) in [5, 5.41) is 16.4. The van der Waals surface area contributed by atoms with Gasteiger partial charge in [0.05, 0.1) is 11.9 Å². The highest BCUT2D eigenvalue weighted by Crippen LogP contribution is 2.34. The van der Waals surface area contributed by atoms with E-state index in [-0.39, 0.29) is 23.8 Å². The molecule has 0 aliphatic heterocycles. The van der Waals surface area contributed by atoms with Gasteiger partial charge in [-0.1, -0.05) is 0 Å². The number of hydrogen-bond acceptors (Lipinski definition) is 7. The highest BCUT2D eigenvalue weighted by molar-refractivity contribution is 6.28. The van der Waals surface area contributed by atoms with E-state index in [0.29, 0.717) is 29.8 Å². The van der Waals surface area contributed by atoms with Crippen LogP contribution in [-0.4, -0.2) is 62.4 Å². The van der Waals surface area contributed by atoms with Crippen molar-refractivity contribution >= 4 is 34.5 Å². The Morgan fingerprint density at radius 2 is 2.33 bits per heavy atom. The van der Waals surface area contributed by atoms with E-state index in [1.165, 1.54) is 13.4 Å². The average molecular weight is 355 g/mol. The Morgan fingerprint density at radius 3 is 3.04 bits per heavy atom. The number of anilines is 1. The minimum absolute atomic E-state index is 0.0178. The molecule has 2 heterocycles. The SMILES string of the molecule is COC(C)C(=O)NCC1(O)CC(Nc2nc(Cl)nc3nc[nH]c23)C1. The number of rotatable bonds is 6. The Morgan fingerprint density at radius 1 is 1.58 bits per heavy atom. The summed E-state index contributed by atoms with van der Waals surface area (Å²) in [5.74, 6) is 0.302. The van der Waals surface area contributed by atoms with Crippen LogP contribution in [0.4, 0.5) is 5.82 Å². The zero-order chi connectivity index (χ0) is 17.3. The van der Waals surface area contributed by atoms with Gasteiger partial charge in [0.25, 0.3) is 0 Å². The van der Waals surface area contributed by atoms with Crippen LogP contribution < -0.4 is 10.6 Å². The van der Waals surface area contributed by atoms with Crippen molar-refractivity contribution in [2.24, 2.45) is 0 Å². The molecule has 0 spiro atoms. The molecule has 1 unspecified atom stereocenters. The Balaban J connectivity index is 1.56. The fourth-order valence-corrected chi connectivity index (χ4v) is 2.88. The number of aliphatic hydroxyl groups is 1. The smallest absolute Gasteiger partial charge is 0.248 e. The molecule has 10 heteroatoms. The van der Waals surface area contributed by atoms with Crippen LogP contribution >= 0.6 is 11.6 Å². The van der Waals surface area contributed by atoms with Crippen LogP contribution in [0.5, 0.6) is 0 Å². The summed E-state index contributed by atoms with van der Waals surface area (Å²) in [6.07, 6.45) is 1.93. The minimum atomic E-state index is -0.940. The lowest BCUT2D eigenvalue weighted by atomic mass is 9.75. The molecule has 0 radical (unpaired) electrons. The van der Waals surface area contributed by atoms with Crippen molar-refractivity contribution in [1.82, 2.24) is 25.3 Å². The normalized spacial score (nSPS) is 24.4. The van der Waals surface area contributed by atoms with Crippen LogP contribution in [0, 0.1) is 0 Å². The number of carbonyl (C=O) groups is 1. The molecule has 0 saturated heterocycles. The monoisotopic (exact) mass is 354 g/mol. The zero-order valence-electron chi connectivity index (χ0n) is 13.3. The first-order valence-electron chi connectivity index (χ1n) is 7.56. The number of ether oxygens (including phenoxy) is 1. The quantitative estimate of drug-likeness (QED) is 0.555. The summed E-state index contributed by atoms with van der Waals surface area (Å²) in [6, 6.07) is 0.0178. The van der Waals surface area contributed by atoms with Crippen LogP contribution in [0.2, 0.25) is 5.28 Å². The van der Waals surface area contributed by atoms with Crippen LogP contribution in [0.3, 0.4) is 0 Å². The number of hydrogen-bond donors (Lipinski definition) is 4. The number of halogens is 1. The van der Waals surface area contributed by atoms with E-state index in [9.17, 15) is 9.90 Å². The van der Waals surface area contributed by atoms with Gasteiger partial charge in [-0.2, -0.15) is 9.97 Å². The van der Waals surface area contributed by atoms with Crippen molar-refractivity contribution in [3.05, 3.63) is 11.6 Å². The maximum absolute atomic E-state index is 11.7. The molecule has 1 atom stereocenters. The summed E-state index contributed by atoms with van der Waals surface area (Å²) in [6.45, 7) is 1.83. The molecule has 0 bridgehead atoms. The van der Waals surface area contributed by atoms with Crippen molar-refractivity contribution < 1.29 is 14.6 Å². The zero-order valence-corrected chi connectivity index (χ0v) is 14.1. The van der Waals surface area contributed by atoms with Gasteiger partial charge < -0.3 is 25.5 Å². The molecule has 1 saturated carbocycles. The second-order valence-corrected chi connectivity index (χ2v) is 6.35. The molecule has 1 aliphatic carbocycles. The number of aromatic amines is 1. The van der Waals surface area contributed by atoms with Gasteiger partial charge in [-0.05, 0) is 31.4 Å². The first kappa shape index (κ1) is 16.9. The predicted octanol–water partition coefficient (Wildman–Crippen LogP) is 0.463. The van der Waals surface area contributed by atoms with E-state index in [1.807, 2.05) is 0 Å². The second kappa shape index (κ2) is 6.50. The first-order chi connectivity index (χ1) is 11.4. The van der Waals surface area contributed by atoms with Crippen LogP contribution in [0.15, 0.2) is 6.33 Å². The van der Waals surface area contributed by atoms with Crippen LogP contribution in [0.25, 0.3) is 11.2 Å². The number of imidazole rings is 1. The Labute approximate surface area is 143 Å². The molecule has 130 valence electrons. The van der Waals surface area contributed by atoms with Crippen molar-refractivity contribution in [1.29, 1.82) is 0 Å². The molecular formula is C14H19ClN6O3. The third-order valence-corrected chi connectivity index (χ3v) is 4.34. The summed E-state index contributed by atoms with van der Waals surface area (Å²) < 4.78 is 4.93.